The predicted octanol–water partition coefficient (Wildman–Crippen LogP) is 3.27. The van der Waals surface area contributed by atoms with Crippen LogP contribution in [0, 0.1) is 6.92 Å². The van der Waals surface area contributed by atoms with E-state index in [0.717, 1.165) is 5.65 Å². The highest BCUT2D eigenvalue weighted by molar-refractivity contribution is 7.07. The second-order valence-electron chi connectivity index (χ2n) is 4.36. The van der Waals surface area contributed by atoms with E-state index in [-0.39, 0.29) is 6.04 Å². The number of aromatic nitrogens is 3. The number of hydrogen-bond acceptors (Lipinski definition) is 4. The van der Waals surface area contributed by atoms with Gasteiger partial charge in [-0.15, -0.1) is 5.10 Å². The molecule has 3 rings (SSSR count). The monoisotopic (exact) mass is 258 g/mol. The van der Waals surface area contributed by atoms with E-state index in [1.807, 2.05) is 18.3 Å². The Hall–Kier alpha value is -1.88. The number of thiophene rings is 1. The van der Waals surface area contributed by atoms with Crippen LogP contribution in [0.4, 0.5) is 5.95 Å². The minimum Gasteiger partial charge on any atom is -0.346 e. The fraction of sp³-hybridized carbons (Fsp3) is 0.231. The summed E-state index contributed by atoms with van der Waals surface area (Å²) in [7, 11) is 0. The van der Waals surface area contributed by atoms with Gasteiger partial charge < -0.3 is 5.32 Å². The summed E-state index contributed by atoms with van der Waals surface area (Å²) in [6.45, 7) is 4.16. The molecule has 3 aromatic rings. The van der Waals surface area contributed by atoms with Gasteiger partial charge in [0.05, 0.1) is 6.04 Å². The van der Waals surface area contributed by atoms with E-state index in [1.165, 1.54) is 11.1 Å². The van der Waals surface area contributed by atoms with Crippen molar-refractivity contribution >= 4 is 22.9 Å². The molecule has 1 N–H and O–H groups in total. The third-order valence-corrected chi connectivity index (χ3v) is 3.58. The van der Waals surface area contributed by atoms with Gasteiger partial charge in [-0.25, -0.2) is 4.52 Å². The van der Waals surface area contributed by atoms with Crippen molar-refractivity contribution in [3.8, 4) is 0 Å². The van der Waals surface area contributed by atoms with Gasteiger partial charge in [-0.1, -0.05) is 0 Å². The molecule has 3 aromatic heterocycles. The summed E-state index contributed by atoms with van der Waals surface area (Å²) >= 11 is 1.70. The Morgan fingerprint density at radius 1 is 1.39 bits per heavy atom. The largest absolute Gasteiger partial charge is 0.346 e. The van der Waals surface area contributed by atoms with Crippen molar-refractivity contribution in [2.75, 3.05) is 5.32 Å². The Morgan fingerprint density at radius 3 is 3.06 bits per heavy atom. The lowest BCUT2D eigenvalue weighted by Gasteiger charge is -2.09. The lowest BCUT2D eigenvalue weighted by atomic mass is 10.2. The quantitative estimate of drug-likeness (QED) is 0.784. The molecule has 0 saturated carbocycles. The van der Waals surface area contributed by atoms with Crippen LogP contribution in [0.25, 0.3) is 5.65 Å². The standard InChI is InChI=1S/C13H14N4S/c1-9-3-5-17-12(7-9)15-13(16-17)14-10(2)11-4-6-18-8-11/h3-8,10H,1-2H3,(H,14,16). The Balaban J connectivity index is 1.86. The summed E-state index contributed by atoms with van der Waals surface area (Å²) in [4.78, 5) is 4.47. The van der Waals surface area contributed by atoms with E-state index in [1.54, 1.807) is 15.9 Å². The van der Waals surface area contributed by atoms with Gasteiger partial charge in [-0.05, 0) is 53.9 Å². The number of nitrogens with one attached hydrogen (secondary N) is 1. The van der Waals surface area contributed by atoms with Gasteiger partial charge in [0.25, 0.3) is 0 Å². The lowest BCUT2D eigenvalue weighted by molar-refractivity contribution is 0.856. The van der Waals surface area contributed by atoms with Gasteiger partial charge in [0.15, 0.2) is 5.65 Å². The third-order valence-electron chi connectivity index (χ3n) is 2.88. The van der Waals surface area contributed by atoms with Crippen LogP contribution in [-0.4, -0.2) is 14.6 Å². The number of nitrogens with zero attached hydrogens (tertiary/aromatic N) is 3. The first kappa shape index (κ1) is 11.2. The van der Waals surface area contributed by atoms with Crippen LogP contribution in [0.3, 0.4) is 0 Å². The molecular formula is C13H14N4S. The van der Waals surface area contributed by atoms with Gasteiger partial charge in [-0.2, -0.15) is 16.3 Å². The predicted molar refractivity (Wildman–Crippen MR) is 74.1 cm³/mol. The zero-order chi connectivity index (χ0) is 12.5. The van der Waals surface area contributed by atoms with Crippen molar-refractivity contribution < 1.29 is 0 Å². The molecule has 18 heavy (non-hydrogen) atoms. The van der Waals surface area contributed by atoms with E-state index >= 15 is 0 Å². The maximum Gasteiger partial charge on any atom is 0.243 e. The Morgan fingerprint density at radius 2 is 2.28 bits per heavy atom. The first-order valence-corrected chi connectivity index (χ1v) is 6.78. The molecule has 0 bridgehead atoms. The average Bonchev–Trinajstić information content (AvgIpc) is 2.95. The van der Waals surface area contributed by atoms with Crippen molar-refractivity contribution in [3.05, 3.63) is 46.3 Å². The maximum atomic E-state index is 4.47. The van der Waals surface area contributed by atoms with Crippen LogP contribution >= 0.6 is 11.3 Å². The molecule has 0 aliphatic heterocycles. The molecule has 1 atom stereocenters. The fourth-order valence-electron chi connectivity index (χ4n) is 1.84. The van der Waals surface area contributed by atoms with E-state index in [2.05, 4.69) is 46.1 Å². The van der Waals surface area contributed by atoms with E-state index in [4.69, 9.17) is 0 Å². The zero-order valence-corrected chi connectivity index (χ0v) is 11.1. The summed E-state index contributed by atoms with van der Waals surface area (Å²) < 4.78 is 1.79. The minimum atomic E-state index is 0.217. The molecule has 5 heteroatoms. The third kappa shape index (κ3) is 2.09. The van der Waals surface area contributed by atoms with Gasteiger partial charge in [0, 0.05) is 6.20 Å². The summed E-state index contributed by atoms with van der Waals surface area (Å²) in [6.07, 6.45) is 1.93. The van der Waals surface area contributed by atoms with Gasteiger partial charge in [0.1, 0.15) is 0 Å². The van der Waals surface area contributed by atoms with E-state index in [0.29, 0.717) is 5.95 Å². The van der Waals surface area contributed by atoms with Crippen molar-refractivity contribution in [2.24, 2.45) is 0 Å². The highest BCUT2D eigenvalue weighted by Crippen LogP contribution is 2.19. The molecule has 3 heterocycles. The van der Waals surface area contributed by atoms with Crippen molar-refractivity contribution in [1.29, 1.82) is 0 Å². The summed E-state index contributed by atoms with van der Waals surface area (Å²) in [5.41, 5.74) is 3.32. The number of hydrogen-bond donors (Lipinski definition) is 1. The average molecular weight is 258 g/mol. The van der Waals surface area contributed by atoms with Crippen LogP contribution in [0.1, 0.15) is 24.1 Å². The fourth-order valence-corrected chi connectivity index (χ4v) is 2.60. The summed E-state index contributed by atoms with van der Waals surface area (Å²) in [5.74, 6) is 0.666. The molecule has 92 valence electrons. The highest BCUT2D eigenvalue weighted by Gasteiger charge is 2.09. The van der Waals surface area contributed by atoms with E-state index in [9.17, 15) is 0 Å². The molecule has 0 aliphatic carbocycles. The molecule has 0 saturated heterocycles. The summed E-state index contributed by atoms with van der Waals surface area (Å²) in [6, 6.07) is 6.37. The number of fused-ring (bicyclic) bond motifs is 1. The topological polar surface area (TPSA) is 42.2 Å². The Bertz CT molecular complexity index is 657. The molecule has 0 radical (unpaired) electrons. The van der Waals surface area contributed by atoms with Gasteiger partial charge in [0.2, 0.25) is 5.95 Å². The molecule has 0 aromatic carbocycles. The number of pyridine rings is 1. The van der Waals surface area contributed by atoms with Crippen molar-refractivity contribution in [3.63, 3.8) is 0 Å². The van der Waals surface area contributed by atoms with Crippen LogP contribution < -0.4 is 5.32 Å². The number of anilines is 1. The molecule has 0 amide bonds. The normalized spacial score (nSPS) is 12.8. The summed E-state index contributed by atoms with van der Waals surface area (Å²) in [5, 5.41) is 11.9. The van der Waals surface area contributed by atoms with Crippen LogP contribution in [-0.2, 0) is 0 Å². The molecule has 0 fully saturated rings. The molecule has 0 spiro atoms. The SMILES string of the molecule is Cc1ccn2nc(NC(C)c3ccsc3)nc2c1. The number of rotatable bonds is 3. The second-order valence-corrected chi connectivity index (χ2v) is 5.15. The molecule has 0 aliphatic rings. The van der Waals surface area contributed by atoms with E-state index < -0.39 is 0 Å². The first-order valence-electron chi connectivity index (χ1n) is 5.84. The first-order chi connectivity index (χ1) is 8.72. The minimum absolute atomic E-state index is 0.217. The van der Waals surface area contributed by atoms with Gasteiger partial charge in [-0.3, -0.25) is 0 Å². The second kappa shape index (κ2) is 4.42. The molecule has 4 nitrogen and oxygen atoms in total. The van der Waals surface area contributed by atoms with Crippen LogP contribution in [0.2, 0.25) is 0 Å². The maximum absolute atomic E-state index is 4.47. The van der Waals surface area contributed by atoms with Crippen LogP contribution in [0.5, 0.6) is 0 Å². The van der Waals surface area contributed by atoms with Gasteiger partial charge >= 0.3 is 0 Å². The Labute approximate surface area is 109 Å². The molecule has 1 unspecified atom stereocenters. The van der Waals surface area contributed by atoms with Crippen molar-refractivity contribution in [2.45, 2.75) is 19.9 Å². The smallest absolute Gasteiger partial charge is 0.243 e. The zero-order valence-electron chi connectivity index (χ0n) is 10.3. The van der Waals surface area contributed by atoms with Crippen molar-refractivity contribution in [1.82, 2.24) is 14.6 Å². The number of aryl methyl sites for hydroxylation is 1. The Kier molecular flexibility index (Phi) is 2.76. The highest BCUT2D eigenvalue weighted by atomic mass is 32.1. The lowest BCUT2D eigenvalue weighted by Crippen LogP contribution is -2.06. The van der Waals surface area contributed by atoms with Crippen LogP contribution in [0.15, 0.2) is 35.2 Å². The molecular weight excluding hydrogens is 244 g/mol.